The van der Waals surface area contributed by atoms with Crippen LogP contribution in [0.15, 0.2) is 24.3 Å². The highest BCUT2D eigenvalue weighted by atomic mass is 16.5. The number of hydrogen-bond donors (Lipinski definition) is 0. The molecule has 2 rings (SSSR count). The minimum absolute atomic E-state index is 0.0559. The van der Waals surface area contributed by atoms with Gasteiger partial charge in [0.15, 0.2) is 0 Å². The Balaban J connectivity index is 2.08. The van der Waals surface area contributed by atoms with E-state index in [2.05, 4.69) is 24.0 Å². The lowest BCUT2D eigenvalue weighted by atomic mass is 10.1. The van der Waals surface area contributed by atoms with Crippen molar-refractivity contribution in [2.45, 2.75) is 32.4 Å². The van der Waals surface area contributed by atoms with Crippen LogP contribution >= 0.6 is 0 Å². The molecular formula is C14H19NO2. The standard InChI is InChI=1S/C14H19NO2/c1-11-6-3-4-7-12(11)10-15-9-5-8-13(15)14(16)17-2/h3-4,6-7,13H,5,8-10H2,1-2H3/t13-/m1/s1. The number of aryl methyl sites for hydroxylation is 1. The number of nitrogens with zero attached hydrogens (tertiary/aromatic N) is 1. The number of hydrogen-bond acceptors (Lipinski definition) is 3. The molecule has 1 heterocycles. The van der Waals surface area contributed by atoms with Crippen LogP contribution in [-0.2, 0) is 16.1 Å². The summed E-state index contributed by atoms with van der Waals surface area (Å²) in [7, 11) is 1.46. The molecule has 0 radical (unpaired) electrons. The Morgan fingerprint density at radius 2 is 2.24 bits per heavy atom. The van der Waals surface area contributed by atoms with Gasteiger partial charge in [0.25, 0.3) is 0 Å². The quantitative estimate of drug-likeness (QED) is 0.749. The van der Waals surface area contributed by atoms with E-state index in [0.717, 1.165) is 25.9 Å². The van der Waals surface area contributed by atoms with E-state index < -0.39 is 0 Å². The minimum Gasteiger partial charge on any atom is -0.468 e. The van der Waals surface area contributed by atoms with Gasteiger partial charge in [-0.2, -0.15) is 0 Å². The lowest BCUT2D eigenvalue weighted by Gasteiger charge is -2.23. The number of methoxy groups -OCH3 is 1. The van der Waals surface area contributed by atoms with E-state index >= 15 is 0 Å². The van der Waals surface area contributed by atoms with E-state index in [1.165, 1.54) is 18.2 Å². The fourth-order valence-corrected chi connectivity index (χ4v) is 2.42. The SMILES string of the molecule is COC(=O)[C@H]1CCCN1Cc1ccccc1C. The Morgan fingerprint density at radius 3 is 2.94 bits per heavy atom. The van der Waals surface area contributed by atoms with Gasteiger partial charge in [-0.3, -0.25) is 9.69 Å². The van der Waals surface area contributed by atoms with Crippen molar-refractivity contribution in [3.05, 3.63) is 35.4 Å². The highest BCUT2D eigenvalue weighted by molar-refractivity contribution is 5.75. The number of benzene rings is 1. The first-order valence-electron chi connectivity index (χ1n) is 6.08. The van der Waals surface area contributed by atoms with E-state index in [1.807, 2.05) is 12.1 Å². The Bertz CT molecular complexity index is 403. The van der Waals surface area contributed by atoms with Crippen LogP contribution in [0.1, 0.15) is 24.0 Å². The van der Waals surface area contributed by atoms with E-state index in [1.54, 1.807) is 0 Å². The molecule has 1 atom stereocenters. The maximum Gasteiger partial charge on any atom is 0.323 e. The van der Waals surface area contributed by atoms with Crippen molar-refractivity contribution >= 4 is 5.97 Å². The molecular weight excluding hydrogens is 214 g/mol. The highest BCUT2D eigenvalue weighted by Crippen LogP contribution is 2.22. The second-order valence-corrected chi connectivity index (χ2v) is 4.58. The molecule has 0 amide bonds. The predicted octanol–water partition coefficient (Wildman–Crippen LogP) is 2.13. The normalized spacial score (nSPS) is 20.5. The molecule has 17 heavy (non-hydrogen) atoms. The number of esters is 1. The Labute approximate surface area is 102 Å². The lowest BCUT2D eigenvalue weighted by molar-refractivity contribution is -0.146. The molecule has 1 fully saturated rings. The number of carbonyl (C=O) groups excluding carboxylic acids is 1. The summed E-state index contributed by atoms with van der Waals surface area (Å²) in [5.74, 6) is -0.101. The molecule has 92 valence electrons. The molecule has 1 saturated heterocycles. The molecule has 0 spiro atoms. The van der Waals surface area contributed by atoms with Crippen molar-refractivity contribution in [1.82, 2.24) is 4.90 Å². The highest BCUT2D eigenvalue weighted by Gasteiger charge is 2.31. The average Bonchev–Trinajstić information content (AvgIpc) is 2.79. The van der Waals surface area contributed by atoms with Crippen LogP contribution in [0.3, 0.4) is 0 Å². The Morgan fingerprint density at radius 1 is 1.47 bits per heavy atom. The molecule has 3 nitrogen and oxygen atoms in total. The van der Waals surface area contributed by atoms with Crippen LogP contribution in [0.5, 0.6) is 0 Å². The first kappa shape index (κ1) is 12.1. The van der Waals surface area contributed by atoms with Crippen LogP contribution in [0.25, 0.3) is 0 Å². The summed E-state index contributed by atoms with van der Waals surface area (Å²) in [6.45, 7) is 3.93. The second-order valence-electron chi connectivity index (χ2n) is 4.58. The van der Waals surface area contributed by atoms with Gasteiger partial charge in [-0.15, -0.1) is 0 Å². The van der Waals surface area contributed by atoms with Gasteiger partial charge in [0.2, 0.25) is 0 Å². The molecule has 1 aliphatic heterocycles. The average molecular weight is 233 g/mol. The van der Waals surface area contributed by atoms with Crippen LogP contribution < -0.4 is 0 Å². The smallest absolute Gasteiger partial charge is 0.323 e. The number of rotatable bonds is 3. The fraction of sp³-hybridized carbons (Fsp3) is 0.500. The van der Waals surface area contributed by atoms with Gasteiger partial charge in [-0.1, -0.05) is 24.3 Å². The summed E-state index contributed by atoms with van der Waals surface area (Å²) in [5.41, 5.74) is 2.58. The van der Waals surface area contributed by atoms with Crippen molar-refractivity contribution in [1.29, 1.82) is 0 Å². The number of likely N-dealkylation sites (tertiary alicyclic amines) is 1. The van der Waals surface area contributed by atoms with Crippen molar-refractivity contribution < 1.29 is 9.53 Å². The molecule has 1 aliphatic rings. The summed E-state index contributed by atoms with van der Waals surface area (Å²) in [4.78, 5) is 13.9. The van der Waals surface area contributed by atoms with Crippen LogP contribution in [0.2, 0.25) is 0 Å². The van der Waals surface area contributed by atoms with Gasteiger partial charge in [0.05, 0.1) is 7.11 Å². The van der Waals surface area contributed by atoms with E-state index in [4.69, 9.17) is 4.74 Å². The molecule has 0 saturated carbocycles. The molecule has 0 unspecified atom stereocenters. The number of ether oxygens (including phenoxy) is 1. The fourth-order valence-electron chi connectivity index (χ4n) is 2.42. The Hall–Kier alpha value is -1.35. The largest absolute Gasteiger partial charge is 0.468 e. The molecule has 1 aromatic carbocycles. The second kappa shape index (κ2) is 5.32. The van der Waals surface area contributed by atoms with Gasteiger partial charge >= 0.3 is 5.97 Å². The van der Waals surface area contributed by atoms with E-state index in [0.29, 0.717) is 0 Å². The zero-order valence-electron chi connectivity index (χ0n) is 10.5. The summed E-state index contributed by atoms with van der Waals surface area (Å²) in [6, 6.07) is 8.27. The first-order valence-corrected chi connectivity index (χ1v) is 6.08. The summed E-state index contributed by atoms with van der Waals surface area (Å²) in [5, 5.41) is 0. The zero-order valence-corrected chi connectivity index (χ0v) is 10.5. The van der Waals surface area contributed by atoms with Gasteiger partial charge in [-0.05, 0) is 37.4 Å². The van der Waals surface area contributed by atoms with Crippen LogP contribution in [0, 0.1) is 6.92 Å². The molecule has 3 heteroatoms. The van der Waals surface area contributed by atoms with Gasteiger partial charge in [0.1, 0.15) is 6.04 Å². The van der Waals surface area contributed by atoms with Crippen LogP contribution in [0.4, 0.5) is 0 Å². The van der Waals surface area contributed by atoms with Crippen molar-refractivity contribution in [3.63, 3.8) is 0 Å². The zero-order chi connectivity index (χ0) is 12.3. The maximum absolute atomic E-state index is 11.6. The Kier molecular flexibility index (Phi) is 3.79. The summed E-state index contributed by atoms with van der Waals surface area (Å²) in [6.07, 6.45) is 1.99. The molecule has 1 aromatic rings. The maximum atomic E-state index is 11.6. The summed E-state index contributed by atoms with van der Waals surface area (Å²) >= 11 is 0. The molecule has 0 N–H and O–H groups in total. The van der Waals surface area contributed by atoms with Gasteiger partial charge < -0.3 is 4.74 Å². The third-order valence-electron chi connectivity index (χ3n) is 3.47. The summed E-state index contributed by atoms with van der Waals surface area (Å²) < 4.78 is 4.85. The van der Waals surface area contributed by atoms with Gasteiger partial charge in [-0.25, -0.2) is 0 Å². The molecule has 0 bridgehead atoms. The van der Waals surface area contributed by atoms with E-state index in [-0.39, 0.29) is 12.0 Å². The molecule has 0 aliphatic carbocycles. The van der Waals surface area contributed by atoms with Crippen molar-refractivity contribution in [2.75, 3.05) is 13.7 Å². The number of carbonyl (C=O) groups is 1. The third-order valence-corrected chi connectivity index (χ3v) is 3.47. The van der Waals surface area contributed by atoms with Gasteiger partial charge in [0, 0.05) is 6.54 Å². The monoisotopic (exact) mass is 233 g/mol. The lowest BCUT2D eigenvalue weighted by Crippen LogP contribution is -2.36. The predicted molar refractivity (Wildman–Crippen MR) is 66.6 cm³/mol. The minimum atomic E-state index is -0.101. The topological polar surface area (TPSA) is 29.5 Å². The first-order chi connectivity index (χ1) is 8.22. The van der Waals surface area contributed by atoms with Crippen LogP contribution in [-0.4, -0.2) is 30.6 Å². The van der Waals surface area contributed by atoms with Crippen molar-refractivity contribution in [3.8, 4) is 0 Å². The molecule has 0 aromatic heterocycles. The van der Waals surface area contributed by atoms with Crippen molar-refractivity contribution in [2.24, 2.45) is 0 Å². The third kappa shape index (κ3) is 2.67. The van der Waals surface area contributed by atoms with E-state index in [9.17, 15) is 4.79 Å².